The minimum Gasteiger partial charge on any atom is -0.341 e. The number of rotatable bonds is 6. The highest BCUT2D eigenvalue weighted by atomic mass is 32.1. The van der Waals surface area contributed by atoms with Crippen molar-refractivity contribution < 1.29 is 27.2 Å². The maximum Gasteiger partial charge on any atom is 0.365 e. The van der Waals surface area contributed by atoms with Crippen LogP contribution in [0, 0.1) is 0 Å². The quantitative estimate of drug-likeness (QED) is 0.624. The summed E-state index contributed by atoms with van der Waals surface area (Å²) in [5, 5.41) is 7.64. The van der Waals surface area contributed by atoms with Crippen molar-refractivity contribution in [3.63, 3.8) is 0 Å². The van der Waals surface area contributed by atoms with E-state index >= 15 is 0 Å². The number of aromatic nitrogens is 2. The second kappa shape index (κ2) is 8.83. The van der Waals surface area contributed by atoms with Crippen molar-refractivity contribution in [1.29, 1.82) is 0 Å². The van der Waals surface area contributed by atoms with Crippen molar-refractivity contribution in [3.8, 4) is 11.1 Å². The van der Waals surface area contributed by atoms with Gasteiger partial charge in [0, 0.05) is 34.7 Å². The molecule has 0 aromatic carbocycles. The Morgan fingerprint density at radius 3 is 2.91 bits per heavy atom. The van der Waals surface area contributed by atoms with Gasteiger partial charge in [-0.1, -0.05) is 6.92 Å². The predicted molar refractivity (Wildman–Crippen MR) is 111 cm³/mol. The minimum atomic E-state index is -3.05. The summed E-state index contributed by atoms with van der Waals surface area (Å²) in [6.45, 7) is -1.05. The molecule has 0 radical (unpaired) electrons. The van der Waals surface area contributed by atoms with Crippen LogP contribution in [0.3, 0.4) is 0 Å². The molecule has 12 heteroatoms. The fraction of sp³-hybridized carbons (Fsp3) is 0.500. The van der Waals surface area contributed by atoms with E-state index in [4.69, 9.17) is 5.73 Å². The summed E-state index contributed by atoms with van der Waals surface area (Å²) < 4.78 is 55.0. The van der Waals surface area contributed by atoms with Crippen molar-refractivity contribution in [2.45, 2.75) is 63.9 Å². The Labute approximate surface area is 185 Å². The molecule has 2 aromatic heterocycles. The molecule has 32 heavy (non-hydrogen) atoms. The van der Waals surface area contributed by atoms with E-state index in [-0.39, 0.29) is 13.1 Å². The number of alkyl halides is 4. The number of fused-ring (bicyclic) bond motifs is 1. The number of thiophene rings is 1. The lowest BCUT2D eigenvalue weighted by atomic mass is 9.87. The standard InChI is InChI=1S/C20H23F4N5O2S/c1-2-15-11(12-9-26-29-10-28(31-19(21)22)7-5-14(12)29)8-16(32-15)18(30)27-17-13(25)4-3-6-20(17,23)24/h5,7-9,13,17,19H,2-4,6,10,25H2,1H3,(H,27,30)/t13-,17-/m1/s1. The lowest BCUT2D eigenvalue weighted by Crippen LogP contribution is -2.59. The van der Waals surface area contributed by atoms with E-state index < -0.39 is 30.5 Å². The van der Waals surface area contributed by atoms with Gasteiger partial charge < -0.3 is 11.1 Å². The highest BCUT2D eigenvalue weighted by molar-refractivity contribution is 7.14. The molecule has 1 aliphatic heterocycles. The van der Waals surface area contributed by atoms with E-state index in [1.54, 1.807) is 18.3 Å². The van der Waals surface area contributed by atoms with Crippen molar-refractivity contribution in [2.24, 2.45) is 5.73 Å². The van der Waals surface area contributed by atoms with Gasteiger partial charge in [-0.3, -0.25) is 4.79 Å². The van der Waals surface area contributed by atoms with Gasteiger partial charge in [0.15, 0.2) is 0 Å². The van der Waals surface area contributed by atoms with Crippen LogP contribution < -0.4 is 11.1 Å². The van der Waals surface area contributed by atoms with Gasteiger partial charge >= 0.3 is 6.61 Å². The first-order valence-electron chi connectivity index (χ1n) is 10.2. The molecular weight excluding hydrogens is 450 g/mol. The number of hydroxylamine groups is 2. The van der Waals surface area contributed by atoms with Gasteiger partial charge in [-0.2, -0.15) is 13.9 Å². The Balaban J connectivity index is 1.58. The second-order valence-corrected chi connectivity index (χ2v) is 8.89. The largest absolute Gasteiger partial charge is 0.365 e. The molecule has 174 valence electrons. The maximum absolute atomic E-state index is 14.3. The molecule has 0 bridgehead atoms. The number of nitrogens with one attached hydrogen (secondary N) is 1. The number of hydrogen-bond donors (Lipinski definition) is 2. The molecule has 2 aliphatic rings. The van der Waals surface area contributed by atoms with E-state index in [0.717, 1.165) is 15.5 Å². The molecule has 4 rings (SSSR count). The number of halogens is 4. The first kappa shape index (κ1) is 22.7. The van der Waals surface area contributed by atoms with Crippen LogP contribution in [0.25, 0.3) is 17.2 Å². The highest BCUT2D eigenvalue weighted by Gasteiger charge is 2.46. The zero-order chi connectivity index (χ0) is 23.0. The Hall–Kier alpha value is -2.44. The van der Waals surface area contributed by atoms with Crippen LogP contribution in [0.4, 0.5) is 17.6 Å². The fourth-order valence-corrected chi connectivity index (χ4v) is 5.08. The number of carbonyl (C=O) groups is 1. The summed E-state index contributed by atoms with van der Waals surface area (Å²) in [7, 11) is 0. The predicted octanol–water partition coefficient (Wildman–Crippen LogP) is 3.82. The molecule has 2 atom stereocenters. The third-order valence-corrected chi connectivity index (χ3v) is 6.91. The Morgan fingerprint density at radius 1 is 1.44 bits per heavy atom. The van der Waals surface area contributed by atoms with Gasteiger partial charge in [0.1, 0.15) is 12.7 Å². The Kier molecular flexibility index (Phi) is 6.28. The molecule has 0 saturated heterocycles. The van der Waals surface area contributed by atoms with E-state index in [1.807, 2.05) is 6.92 Å². The summed E-state index contributed by atoms with van der Waals surface area (Å²) in [4.78, 5) is 18.4. The van der Waals surface area contributed by atoms with Crippen LogP contribution in [-0.2, 0) is 17.9 Å². The second-order valence-electron chi connectivity index (χ2n) is 7.75. The smallest absolute Gasteiger partial charge is 0.341 e. The summed E-state index contributed by atoms with van der Waals surface area (Å²) >= 11 is 1.22. The van der Waals surface area contributed by atoms with Crippen molar-refractivity contribution >= 4 is 23.3 Å². The lowest BCUT2D eigenvalue weighted by Gasteiger charge is -2.36. The van der Waals surface area contributed by atoms with Gasteiger partial charge in [-0.15, -0.1) is 11.3 Å². The summed E-state index contributed by atoms with van der Waals surface area (Å²) in [5.41, 5.74) is 7.99. The van der Waals surface area contributed by atoms with Gasteiger partial charge in [-0.25, -0.2) is 23.4 Å². The molecular formula is C20H23F4N5O2S. The molecule has 1 amide bonds. The summed E-state index contributed by atoms with van der Waals surface area (Å²) in [6, 6.07) is -0.565. The minimum absolute atomic E-state index is 0.0240. The average molecular weight is 473 g/mol. The van der Waals surface area contributed by atoms with E-state index in [1.165, 1.54) is 22.2 Å². The van der Waals surface area contributed by atoms with Gasteiger partial charge in [0.2, 0.25) is 0 Å². The molecule has 0 spiro atoms. The number of hydrogen-bond acceptors (Lipinski definition) is 6. The van der Waals surface area contributed by atoms with Crippen LogP contribution in [0.5, 0.6) is 0 Å². The maximum atomic E-state index is 14.3. The van der Waals surface area contributed by atoms with Crippen molar-refractivity contribution in [2.75, 3.05) is 0 Å². The summed E-state index contributed by atoms with van der Waals surface area (Å²) in [5.74, 6) is -3.64. The third-order valence-electron chi connectivity index (χ3n) is 5.63. The van der Waals surface area contributed by atoms with E-state index in [0.29, 0.717) is 35.4 Å². The van der Waals surface area contributed by atoms with Crippen LogP contribution in [0.15, 0.2) is 18.5 Å². The first-order valence-corrected chi connectivity index (χ1v) is 11.0. The SMILES string of the molecule is CCc1sc(C(=O)N[C@@H]2[C@H](N)CCCC2(F)F)cc1-c1cnn2c1C=CN(OC(F)F)C2. The van der Waals surface area contributed by atoms with Gasteiger partial charge in [-0.05, 0) is 31.4 Å². The van der Waals surface area contributed by atoms with Crippen LogP contribution >= 0.6 is 11.3 Å². The third kappa shape index (κ3) is 4.39. The number of carbonyl (C=O) groups excluding carboxylic acids is 1. The van der Waals surface area contributed by atoms with Crippen molar-refractivity contribution in [1.82, 2.24) is 20.2 Å². The molecule has 1 saturated carbocycles. The Bertz CT molecular complexity index is 1020. The van der Waals surface area contributed by atoms with Gasteiger partial charge in [0.05, 0.1) is 16.8 Å². The number of amides is 1. The Morgan fingerprint density at radius 2 is 2.22 bits per heavy atom. The molecule has 2 aromatic rings. The van der Waals surface area contributed by atoms with Crippen LogP contribution in [0.1, 0.15) is 46.4 Å². The monoisotopic (exact) mass is 473 g/mol. The molecule has 0 unspecified atom stereocenters. The summed E-state index contributed by atoms with van der Waals surface area (Å²) in [6.07, 6.45) is 5.61. The number of nitrogens with zero attached hydrogens (tertiary/aromatic N) is 3. The topological polar surface area (TPSA) is 85.4 Å². The van der Waals surface area contributed by atoms with Crippen LogP contribution in [0.2, 0.25) is 0 Å². The zero-order valence-electron chi connectivity index (χ0n) is 17.2. The van der Waals surface area contributed by atoms with E-state index in [9.17, 15) is 22.4 Å². The molecule has 1 aliphatic carbocycles. The fourth-order valence-electron chi connectivity index (χ4n) is 4.06. The van der Waals surface area contributed by atoms with Gasteiger partial charge in [0.25, 0.3) is 11.8 Å². The average Bonchev–Trinajstić information content (AvgIpc) is 3.33. The first-order chi connectivity index (χ1) is 15.2. The van der Waals surface area contributed by atoms with Crippen molar-refractivity contribution in [3.05, 3.63) is 33.9 Å². The molecule has 7 nitrogen and oxygen atoms in total. The lowest BCUT2D eigenvalue weighted by molar-refractivity contribution is -0.273. The van der Waals surface area contributed by atoms with Crippen LogP contribution in [-0.4, -0.2) is 45.4 Å². The molecule has 3 heterocycles. The molecule has 1 fully saturated rings. The van der Waals surface area contributed by atoms with E-state index in [2.05, 4.69) is 15.3 Å². The normalized spacial score (nSPS) is 22.3. The highest BCUT2D eigenvalue weighted by Crippen LogP contribution is 2.37. The number of nitrogens with two attached hydrogens (primary N) is 1. The zero-order valence-corrected chi connectivity index (χ0v) is 18.0. The molecule has 3 N–H and O–H groups in total. The number of aryl methyl sites for hydroxylation is 1.